The van der Waals surface area contributed by atoms with Gasteiger partial charge in [-0.15, -0.1) is 0 Å². The molecule has 4 heteroatoms. The minimum Gasteiger partial charge on any atom is -0.206 e. The average Bonchev–Trinajstić information content (AvgIpc) is 2.96. The fraction of sp³-hybridized carbons (Fsp3) is 0.273. The van der Waals surface area contributed by atoms with Crippen LogP contribution in [0.25, 0.3) is 11.4 Å². The van der Waals surface area contributed by atoms with Crippen molar-refractivity contribution in [3.63, 3.8) is 0 Å². The van der Waals surface area contributed by atoms with E-state index in [0.717, 1.165) is 18.9 Å². The van der Waals surface area contributed by atoms with Gasteiger partial charge in [0.05, 0.1) is 5.56 Å². The first-order chi connectivity index (χ1) is 12.5. The molecule has 134 valence electrons. The summed E-state index contributed by atoms with van der Waals surface area (Å²) in [6.45, 7) is 2.09. The van der Waals surface area contributed by atoms with E-state index >= 15 is 4.39 Å². The monoisotopic (exact) mass is 358 g/mol. The number of halogens is 4. The third-order valence-electron chi connectivity index (χ3n) is 5.30. The summed E-state index contributed by atoms with van der Waals surface area (Å²) in [5.74, 6) is -4.34. The number of rotatable bonds is 3. The zero-order chi connectivity index (χ0) is 18.4. The molecule has 0 aromatic heterocycles. The predicted molar refractivity (Wildman–Crippen MR) is 94.7 cm³/mol. The second-order valence-corrected chi connectivity index (χ2v) is 6.97. The molecule has 0 spiro atoms. The molecule has 2 aromatic carbocycles. The summed E-state index contributed by atoms with van der Waals surface area (Å²) in [5, 5.41) is 0. The van der Waals surface area contributed by atoms with Crippen molar-refractivity contribution in [1.82, 2.24) is 0 Å². The molecule has 0 fully saturated rings. The molecular weight excluding hydrogens is 340 g/mol. The molecule has 0 radical (unpaired) electrons. The van der Waals surface area contributed by atoms with E-state index in [1.807, 2.05) is 24.3 Å². The first kappa shape index (κ1) is 17.1. The van der Waals surface area contributed by atoms with Crippen LogP contribution < -0.4 is 0 Å². The van der Waals surface area contributed by atoms with Crippen LogP contribution in [0, 0.1) is 17.6 Å². The van der Waals surface area contributed by atoms with Crippen LogP contribution in [0.1, 0.15) is 42.0 Å². The molecule has 2 aliphatic carbocycles. The first-order valence-electron chi connectivity index (χ1n) is 8.86. The summed E-state index contributed by atoms with van der Waals surface area (Å²) >= 11 is 0. The number of aryl methyl sites for hydroxylation is 1. The van der Waals surface area contributed by atoms with E-state index in [1.165, 1.54) is 11.6 Å². The molecule has 2 aromatic rings. The highest BCUT2D eigenvalue weighted by Gasteiger charge is 2.39. The van der Waals surface area contributed by atoms with Crippen LogP contribution in [0.2, 0.25) is 0 Å². The largest absolute Gasteiger partial charge is 0.206 e. The molecule has 0 saturated heterocycles. The van der Waals surface area contributed by atoms with E-state index in [1.54, 1.807) is 0 Å². The molecule has 1 unspecified atom stereocenters. The van der Waals surface area contributed by atoms with Gasteiger partial charge in [-0.3, -0.25) is 0 Å². The Balaban J connectivity index is 1.78. The predicted octanol–water partition coefficient (Wildman–Crippen LogP) is 6.55. The number of hydrogen-bond acceptors (Lipinski definition) is 0. The number of fused-ring (bicyclic) bond motifs is 2. The molecule has 2 aliphatic rings. The quantitative estimate of drug-likeness (QED) is 0.546. The molecule has 26 heavy (non-hydrogen) atoms. The van der Waals surface area contributed by atoms with E-state index < -0.39 is 28.9 Å². The van der Waals surface area contributed by atoms with Gasteiger partial charge in [-0.05, 0) is 53.5 Å². The van der Waals surface area contributed by atoms with Crippen molar-refractivity contribution >= 4 is 11.4 Å². The maximum Gasteiger partial charge on any atom is 0.169 e. The van der Waals surface area contributed by atoms with Crippen LogP contribution in [0.3, 0.4) is 0 Å². The number of benzene rings is 2. The van der Waals surface area contributed by atoms with Crippen molar-refractivity contribution in [3.05, 3.63) is 81.7 Å². The molecular formula is C22H18F4. The highest BCUT2D eigenvalue weighted by Crippen LogP contribution is 2.51. The standard InChI is InChI=1S/C22H18F4/c1-2-3-12-4-6-13(7-5-12)16-11-15-10-14-8-9-17(23)21(25)18(14)22(26)19(15)20(16)24/h4-9,15H,2-3,10-11H2,1H3. The van der Waals surface area contributed by atoms with Gasteiger partial charge in [0.25, 0.3) is 0 Å². The van der Waals surface area contributed by atoms with Gasteiger partial charge in [-0.2, -0.15) is 0 Å². The van der Waals surface area contributed by atoms with Gasteiger partial charge in [0, 0.05) is 5.57 Å². The Morgan fingerprint density at radius 1 is 0.885 bits per heavy atom. The maximum atomic E-state index is 15.0. The van der Waals surface area contributed by atoms with Crippen LogP contribution in [0.5, 0.6) is 0 Å². The van der Waals surface area contributed by atoms with E-state index in [2.05, 4.69) is 6.92 Å². The smallest absolute Gasteiger partial charge is 0.169 e. The summed E-state index contributed by atoms with van der Waals surface area (Å²) in [4.78, 5) is 0. The minimum absolute atomic E-state index is 0.116. The summed E-state index contributed by atoms with van der Waals surface area (Å²) in [6.07, 6.45) is 2.64. The van der Waals surface area contributed by atoms with Crippen LogP contribution in [0.4, 0.5) is 17.6 Å². The fourth-order valence-corrected chi connectivity index (χ4v) is 4.03. The third-order valence-corrected chi connectivity index (χ3v) is 5.30. The van der Waals surface area contributed by atoms with Crippen LogP contribution in [-0.2, 0) is 12.8 Å². The lowest BCUT2D eigenvalue weighted by Gasteiger charge is -2.22. The third kappa shape index (κ3) is 2.59. The van der Waals surface area contributed by atoms with E-state index in [0.29, 0.717) is 29.5 Å². The average molecular weight is 358 g/mol. The maximum absolute atomic E-state index is 15.0. The molecule has 0 aliphatic heterocycles. The molecule has 1 atom stereocenters. The molecule has 4 rings (SSSR count). The molecule has 0 bridgehead atoms. The highest BCUT2D eigenvalue weighted by molar-refractivity contribution is 5.83. The van der Waals surface area contributed by atoms with Crippen molar-refractivity contribution < 1.29 is 17.6 Å². The Morgan fingerprint density at radius 3 is 2.31 bits per heavy atom. The van der Waals surface area contributed by atoms with Crippen molar-refractivity contribution in [1.29, 1.82) is 0 Å². The lowest BCUT2D eigenvalue weighted by atomic mass is 9.83. The summed E-state index contributed by atoms with van der Waals surface area (Å²) < 4.78 is 57.4. The van der Waals surface area contributed by atoms with Gasteiger partial charge >= 0.3 is 0 Å². The second-order valence-electron chi connectivity index (χ2n) is 6.97. The van der Waals surface area contributed by atoms with Crippen molar-refractivity contribution in [2.75, 3.05) is 0 Å². The van der Waals surface area contributed by atoms with E-state index in [9.17, 15) is 13.2 Å². The van der Waals surface area contributed by atoms with Crippen molar-refractivity contribution in [3.8, 4) is 0 Å². The molecule has 0 nitrogen and oxygen atoms in total. The minimum atomic E-state index is -1.24. The Kier molecular flexibility index (Phi) is 4.22. The van der Waals surface area contributed by atoms with Crippen LogP contribution >= 0.6 is 0 Å². The lowest BCUT2D eigenvalue weighted by molar-refractivity contribution is 0.492. The van der Waals surface area contributed by atoms with Crippen LogP contribution in [0.15, 0.2) is 47.8 Å². The van der Waals surface area contributed by atoms with Gasteiger partial charge in [0.15, 0.2) is 11.6 Å². The van der Waals surface area contributed by atoms with Gasteiger partial charge < -0.3 is 0 Å². The number of hydrogen-bond donors (Lipinski definition) is 0. The Labute approximate surface area is 149 Å². The van der Waals surface area contributed by atoms with Gasteiger partial charge in [-0.25, -0.2) is 17.6 Å². The molecule has 0 amide bonds. The SMILES string of the molecule is CCCc1ccc(C2=C(F)C3=C(F)c4c(ccc(F)c4F)CC3C2)cc1. The van der Waals surface area contributed by atoms with Gasteiger partial charge in [0.1, 0.15) is 11.7 Å². The summed E-state index contributed by atoms with van der Waals surface area (Å²) in [5.41, 5.74) is 2.18. The van der Waals surface area contributed by atoms with Crippen molar-refractivity contribution in [2.24, 2.45) is 5.92 Å². The topological polar surface area (TPSA) is 0 Å². The molecule has 0 N–H and O–H groups in total. The van der Waals surface area contributed by atoms with Crippen LogP contribution in [-0.4, -0.2) is 0 Å². The molecule has 0 saturated carbocycles. The summed E-state index contributed by atoms with van der Waals surface area (Å²) in [7, 11) is 0. The Bertz CT molecular complexity index is 935. The fourth-order valence-electron chi connectivity index (χ4n) is 4.03. The van der Waals surface area contributed by atoms with Crippen molar-refractivity contribution in [2.45, 2.75) is 32.6 Å². The Morgan fingerprint density at radius 2 is 1.62 bits per heavy atom. The van der Waals surface area contributed by atoms with Gasteiger partial charge in [-0.1, -0.05) is 43.7 Å². The normalized spacial score (nSPS) is 19.0. The van der Waals surface area contributed by atoms with E-state index in [-0.39, 0.29) is 11.5 Å². The van der Waals surface area contributed by atoms with E-state index in [4.69, 9.17) is 0 Å². The highest BCUT2D eigenvalue weighted by atomic mass is 19.2. The zero-order valence-corrected chi connectivity index (χ0v) is 14.4. The summed E-state index contributed by atoms with van der Waals surface area (Å²) in [6, 6.07) is 10.00. The first-order valence-corrected chi connectivity index (χ1v) is 8.86. The lowest BCUT2D eigenvalue weighted by Crippen LogP contribution is -2.14. The second kappa shape index (κ2) is 6.42. The molecule has 0 heterocycles. The number of allylic oxidation sites excluding steroid dienone is 3. The van der Waals surface area contributed by atoms with Gasteiger partial charge in [0.2, 0.25) is 0 Å². The zero-order valence-electron chi connectivity index (χ0n) is 14.4. The Hall–Kier alpha value is -2.36.